The third-order valence-corrected chi connectivity index (χ3v) is 3.02. The Bertz CT molecular complexity index is 379. The number of carbonyl (C=O) groups excluding carboxylic acids is 1. The van der Waals surface area contributed by atoms with E-state index in [0.29, 0.717) is 6.42 Å². The van der Waals surface area contributed by atoms with Crippen LogP contribution in [0.1, 0.15) is 25.8 Å². The van der Waals surface area contributed by atoms with Crippen LogP contribution in [0.4, 0.5) is 5.69 Å². The van der Waals surface area contributed by atoms with Crippen molar-refractivity contribution in [2.75, 3.05) is 5.32 Å². The first kappa shape index (κ1) is 13.0. The van der Waals surface area contributed by atoms with Gasteiger partial charge in [0.2, 0.25) is 5.91 Å². The van der Waals surface area contributed by atoms with Crippen molar-refractivity contribution in [3.8, 4) is 0 Å². The molecule has 0 saturated carbocycles. The summed E-state index contributed by atoms with van der Waals surface area (Å²) in [6.07, 6.45) is 1.60. The Morgan fingerprint density at radius 2 is 2.19 bits per heavy atom. The second kappa shape index (κ2) is 5.89. The molecule has 1 unspecified atom stereocenters. The molecular weight excluding hydrogens is 268 g/mol. The molecule has 0 radical (unpaired) electrons. The van der Waals surface area contributed by atoms with Crippen LogP contribution in [-0.2, 0) is 11.2 Å². The molecule has 0 fully saturated rings. The molecule has 1 amide bonds. The van der Waals surface area contributed by atoms with Crippen LogP contribution in [0.5, 0.6) is 0 Å². The third kappa shape index (κ3) is 3.23. The lowest BCUT2D eigenvalue weighted by Gasteiger charge is -2.17. The number of primary amides is 1. The maximum absolute atomic E-state index is 11.2. The predicted octanol–water partition coefficient (Wildman–Crippen LogP) is 2.69. The molecule has 0 aliphatic carbocycles. The van der Waals surface area contributed by atoms with Crippen LogP contribution in [0, 0.1) is 0 Å². The lowest BCUT2D eigenvalue weighted by Crippen LogP contribution is -2.35. The summed E-state index contributed by atoms with van der Waals surface area (Å²) in [6, 6.07) is 5.67. The zero-order valence-electron chi connectivity index (χ0n) is 9.59. The van der Waals surface area contributed by atoms with Gasteiger partial charge in [-0.3, -0.25) is 4.79 Å². The first-order valence-corrected chi connectivity index (χ1v) is 6.22. The Labute approximate surface area is 105 Å². The van der Waals surface area contributed by atoms with Gasteiger partial charge < -0.3 is 11.1 Å². The van der Waals surface area contributed by atoms with E-state index in [1.165, 1.54) is 5.56 Å². The Balaban J connectivity index is 2.91. The summed E-state index contributed by atoms with van der Waals surface area (Å²) in [5.74, 6) is -0.313. The predicted molar refractivity (Wildman–Crippen MR) is 70.4 cm³/mol. The molecule has 88 valence electrons. The third-order valence-electron chi connectivity index (χ3n) is 2.53. The highest BCUT2D eigenvalue weighted by Gasteiger charge is 2.13. The van der Waals surface area contributed by atoms with Crippen LogP contribution in [-0.4, -0.2) is 11.9 Å². The van der Waals surface area contributed by atoms with E-state index in [1.54, 1.807) is 0 Å². The Morgan fingerprint density at radius 3 is 2.69 bits per heavy atom. The minimum absolute atomic E-state index is 0.300. The molecule has 1 aromatic carbocycles. The maximum atomic E-state index is 11.2. The van der Waals surface area contributed by atoms with Crippen LogP contribution in [0.3, 0.4) is 0 Å². The summed E-state index contributed by atoms with van der Waals surface area (Å²) in [5, 5.41) is 3.18. The van der Waals surface area contributed by atoms with Gasteiger partial charge in [-0.1, -0.05) is 29.8 Å². The number of amides is 1. The summed E-state index contributed by atoms with van der Waals surface area (Å²) < 4.78 is 1.04. The minimum Gasteiger partial charge on any atom is -0.373 e. The first-order valence-electron chi connectivity index (χ1n) is 5.42. The van der Waals surface area contributed by atoms with Crippen LogP contribution in [0.15, 0.2) is 22.7 Å². The van der Waals surface area contributed by atoms with Crippen LogP contribution < -0.4 is 11.1 Å². The Morgan fingerprint density at radius 1 is 1.50 bits per heavy atom. The number of hydrogen-bond acceptors (Lipinski definition) is 2. The number of hydrogen-bond donors (Lipinski definition) is 2. The second-order valence-electron chi connectivity index (χ2n) is 3.66. The number of benzene rings is 1. The van der Waals surface area contributed by atoms with Crippen molar-refractivity contribution >= 4 is 27.5 Å². The molecule has 1 atom stereocenters. The van der Waals surface area contributed by atoms with E-state index in [-0.39, 0.29) is 11.9 Å². The van der Waals surface area contributed by atoms with Gasteiger partial charge in [-0.2, -0.15) is 0 Å². The molecule has 3 nitrogen and oxygen atoms in total. The fourth-order valence-corrected chi connectivity index (χ4v) is 1.97. The number of halogens is 1. The molecule has 1 aromatic rings. The molecule has 0 saturated heterocycles. The first-order chi connectivity index (χ1) is 7.58. The molecule has 1 rings (SSSR count). The summed E-state index contributed by atoms with van der Waals surface area (Å²) in [4.78, 5) is 11.2. The Hall–Kier alpha value is -1.03. The molecular formula is C12H17BrN2O. The van der Waals surface area contributed by atoms with Crippen molar-refractivity contribution in [2.24, 2.45) is 5.73 Å². The number of aryl methyl sites for hydroxylation is 1. The van der Waals surface area contributed by atoms with Gasteiger partial charge in [-0.05, 0) is 36.6 Å². The molecule has 4 heteroatoms. The van der Waals surface area contributed by atoms with Gasteiger partial charge in [0, 0.05) is 10.2 Å². The van der Waals surface area contributed by atoms with Crippen molar-refractivity contribution in [3.63, 3.8) is 0 Å². The summed E-state index contributed by atoms with van der Waals surface area (Å²) in [7, 11) is 0. The molecule has 0 aromatic heterocycles. The summed E-state index contributed by atoms with van der Waals surface area (Å²) in [5.41, 5.74) is 7.46. The standard InChI is InChI=1S/C12H17BrN2O/c1-3-8-7-9(13)5-6-11(8)15-10(4-2)12(14)16/h5-7,10,15H,3-4H2,1-2H3,(H2,14,16). The number of carbonyl (C=O) groups is 1. The van der Waals surface area contributed by atoms with E-state index >= 15 is 0 Å². The monoisotopic (exact) mass is 284 g/mol. The minimum atomic E-state index is -0.313. The van der Waals surface area contributed by atoms with Crippen molar-refractivity contribution in [3.05, 3.63) is 28.2 Å². The molecule has 16 heavy (non-hydrogen) atoms. The van der Waals surface area contributed by atoms with Gasteiger partial charge in [0.1, 0.15) is 6.04 Å². The molecule has 0 heterocycles. The van der Waals surface area contributed by atoms with E-state index in [4.69, 9.17) is 5.73 Å². The highest BCUT2D eigenvalue weighted by atomic mass is 79.9. The molecule has 3 N–H and O–H groups in total. The fraction of sp³-hybridized carbons (Fsp3) is 0.417. The molecule has 0 aliphatic heterocycles. The number of rotatable bonds is 5. The van der Waals surface area contributed by atoms with Gasteiger partial charge in [0.05, 0.1) is 0 Å². The van der Waals surface area contributed by atoms with E-state index in [2.05, 4.69) is 34.2 Å². The summed E-state index contributed by atoms with van der Waals surface area (Å²) in [6.45, 7) is 4.02. The highest BCUT2D eigenvalue weighted by molar-refractivity contribution is 9.10. The van der Waals surface area contributed by atoms with E-state index in [9.17, 15) is 4.79 Å². The second-order valence-corrected chi connectivity index (χ2v) is 4.58. The topological polar surface area (TPSA) is 55.1 Å². The normalized spacial score (nSPS) is 12.2. The Kier molecular flexibility index (Phi) is 4.80. The number of anilines is 1. The van der Waals surface area contributed by atoms with Crippen LogP contribution >= 0.6 is 15.9 Å². The van der Waals surface area contributed by atoms with Gasteiger partial charge in [-0.25, -0.2) is 0 Å². The molecule has 0 aliphatic rings. The lowest BCUT2D eigenvalue weighted by atomic mass is 10.1. The van der Waals surface area contributed by atoms with Crippen molar-refractivity contribution < 1.29 is 4.79 Å². The average Bonchev–Trinajstić information content (AvgIpc) is 2.26. The number of nitrogens with two attached hydrogens (primary N) is 1. The SMILES string of the molecule is CCc1cc(Br)ccc1NC(CC)C(N)=O. The fourth-order valence-electron chi connectivity index (χ4n) is 1.56. The zero-order valence-corrected chi connectivity index (χ0v) is 11.2. The molecule has 0 bridgehead atoms. The van der Waals surface area contributed by atoms with Gasteiger partial charge >= 0.3 is 0 Å². The van der Waals surface area contributed by atoms with E-state index in [1.807, 2.05) is 19.1 Å². The lowest BCUT2D eigenvalue weighted by molar-refractivity contribution is -0.118. The highest BCUT2D eigenvalue weighted by Crippen LogP contribution is 2.22. The van der Waals surface area contributed by atoms with Gasteiger partial charge in [0.15, 0.2) is 0 Å². The van der Waals surface area contributed by atoms with Gasteiger partial charge in [0.25, 0.3) is 0 Å². The summed E-state index contributed by atoms with van der Waals surface area (Å²) >= 11 is 3.43. The van der Waals surface area contributed by atoms with Crippen LogP contribution in [0.2, 0.25) is 0 Å². The van der Waals surface area contributed by atoms with E-state index in [0.717, 1.165) is 16.6 Å². The maximum Gasteiger partial charge on any atom is 0.239 e. The smallest absolute Gasteiger partial charge is 0.239 e. The quantitative estimate of drug-likeness (QED) is 0.874. The largest absolute Gasteiger partial charge is 0.373 e. The van der Waals surface area contributed by atoms with Gasteiger partial charge in [-0.15, -0.1) is 0 Å². The number of nitrogens with one attached hydrogen (secondary N) is 1. The molecule has 0 spiro atoms. The average molecular weight is 285 g/mol. The van der Waals surface area contributed by atoms with Crippen LogP contribution in [0.25, 0.3) is 0 Å². The van der Waals surface area contributed by atoms with Crippen molar-refractivity contribution in [2.45, 2.75) is 32.7 Å². The van der Waals surface area contributed by atoms with E-state index < -0.39 is 0 Å². The zero-order chi connectivity index (χ0) is 12.1. The van der Waals surface area contributed by atoms with Crippen molar-refractivity contribution in [1.82, 2.24) is 0 Å². The van der Waals surface area contributed by atoms with Crippen molar-refractivity contribution in [1.29, 1.82) is 0 Å².